The maximum atomic E-state index is 14.1. The zero-order valence-electron chi connectivity index (χ0n) is 23.2. The van der Waals surface area contributed by atoms with Crippen LogP contribution in [0.15, 0.2) is 66.7 Å². The molecular formula is C33H36ClN3O3S. The van der Waals surface area contributed by atoms with Crippen LogP contribution in [0.1, 0.15) is 80.5 Å². The lowest BCUT2D eigenvalue weighted by Crippen LogP contribution is -2.54. The first-order valence-corrected chi connectivity index (χ1v) is 15.5. The van der Waals surface area contributed by atoms with Gasteiger partial charge in [0, 0.05) is 36.3 Å². The number of aromatic nitrogens is 1. The monoisotopic (exact) mass is 589 g/mol. The Bertz CT molecular complexity index is 1400. The van der Waals surface area contributed by atoms with Crippen LogP contribution in [-0.4, -0.2) is 40.2 Å². The number of hydrogen-bond donors (Lipinski definition) is 1. The van der Waals surface area contributed by atoms with Crippen LogP contribution >= 0.6 is 24.4 Å². The summed E-state index contributed by atoms with van der Waals surface area (Å²) < 4.78 is 7.72. The summed E-state index contributed by atoms with van der Waals surface area (Å²) in [6.45, 7) is 2.06. The van der Waals surface area contributed by atoms with Gasteiger partial charge in [0.2, 0.25) is 11.8 Å². The first kappa shape index (κ1) is 28.1. The predicted octanol–water partition coefficient (Wildman–Crippen LogP) is 7.11. The van der Waals surface area contributed by atoms with Crippen LogP contribution in [0.25, 0.3) is 0 Å². The fourth-order valence-corrected chi connectivity index (χ4v) is 7.28. The predicted molar refractivity (Wildman–Crippen MR) is 165 cm³/mol. The van der Waals surface area contributed by atoms with Gasteiger partial charge in [0.05, 0.1) is 5.69 Å². The van der Waals surface area contributed by atoms with E-state index in [4.69, 9.17) is 34.1 Å². The van der Waals surface area contributed by atoms with Crippen molar-refractivity contribution in [2.24, 2.45) is 0 Å². The second-order valence-electron chi connectivity index (χ2n) is 11.4. The van der Waals surface area contributed by atoms with Gasteiger partial charge in [-0.25, -0.2) is 4.98 Å². The molecule has 0 radical (unpaired) electrons. The van der Waals surface area contributed by atoms with Gasteiger partial charge in [0.15, 0.2) is 5.78 Å². The molecule has 214 valence electrons. The number of hydrogen-bond acceptors (Lipinski definition) is 6. The van der Waals surface area contributed by atoms with E-state index in [0.29, 0.717) is 22.2 Å². The summed E-state index contributed by atoms with van der Waals surface area (Å²) in [7, 11) is 0. The largest absolute Gasteiger partial charge is 0.474 e. The van der Waals surface area contributed by atoms with E-state index in [1.807, 2.05) is 30.3 Å². The summed E-state index contributed by atoms with van der Waals surface area (Å²) in [5.41, 5.74) is 1.78. The SMILES string of the molecule is O=C1C[C@](c2ccc(N3CCCCC3)cc2)(c2cccc(OC3CCCCC3)n2)N(S)C(=O)C1c1ccccc1Cl. The van der Waals surface area contributed by atoms with Crippen molar-refractivity contribution >= 4 is 41.8 Å². The molecule has 8 heteroatoms. The fourth-order valence-electron chi connectivity index (χ4n) is 6.63. The molecule has 3 fully saturated rings. The van der Waals surface area contributed by atoms with Gasteiger partial charge in [0.25, 0.3) is 0 Å². The van der Waals surface area contributed by atoms with Gasteiger partial charge in [-0.05, 0) is 80.3 Å². The highest BCUT2D eigenvalue weighted by molar-refractivity contribution is 7.78. The molecule has 6 nitrogen and oxygen atoms in total. The summed E-state index contributed by atoms with van der Waals surface area (Å²) in [6.07, 6.45) is 9.29. The Balaban J connectivity index is 1.41. The van der Waals surface area contributed by atoms with Crippen molar-refractivity contribution in [1.29, 1.82) is 0 Å². The molecule has 0 bridgehead atoms. The van der Waals surface area contributed by atoms with Gasteiger partial charge in [-0.2, -0.15) is 0 Å². The van der Waals surface area contributed by atoms with Crippen LogP contribution in [0.4, 0.5) is 5.69 Å². The second-order valence-corrected chi connectivity index (χ2v) is 12.2. The highest BCUT2D eigenvalue weighted by atomic mass is 35.5. The Morgan fingerprint density at radius 3 is 2.29 bits per heavy atom. The van der Waals surface area contributed by atoms with Gasteiger partial charge in [-0.1, -0.05) is 67.2 Å². The van der Waals surface area contributed by atoms with Crippen LogP contribution in [0, 0.1) is 0 Å². The van der Waals surface area contributed by atoms with E-state index < -0.39 is 17.4 Å². The van der Waals surface area contributed by atoms with Gasteiger partial charge in [0.1, 0.15) is 17.6 Å². The summed E-state index contributed by atoms with van der Waals surface area (Å²) in [5, 5.41) is 0.389. The van der Waals surface area contributed by atoms with Crippen LogP contribution in [0.5, 0.6) is 5.88 Å². The third-order valence-corrected chi connectivity index (χ3v) is 9.72. The molecular weight excluding hydrogens is 554 g/mol. The van der Waals surface area contributed by atoms with Gasteiger partial charge in [-0.3, -0.25) is 13.9 Å². The summed E-state index contributed by atoms with van der Waals surface area (Å²) in [6, 6.07) is 20.8. The number of halogens is 1. The van der Waals surface area contributed by atoms with Crippen LogP contribution in [-0.2, 0) is 15.1 Å². The molecule has 2 aliphatic heterocycles. The Morgan fingerprint density at radius 1 is 0.854 bits per heavy atom. The maximum Gasteiger partial charge on any atom is 0.248 e. The van der Waals surface area contributed by atoms with E-state index in [9.17, 15) is 9.59 Å². The van der Waals surface area contributed by atoms with Gasteiger partial charge < -0.3 is 9.64 Å². The second kappa shape index (κ2) is 12.1. The van der Waals surface area contributed by atoms with Gasteiger partial charge in [-0.15, -0.1) is 0 Å². The van der Waals surface area contributed by atoms with Crippen molar-refractivity contribution in [3.63, 3.8) is 0 Å². The van der Waals surface area contributed by atoms with Crippen LogP contribution in [0.3, 0.4) is 0 Å². The molecule has 41 heavy (non-hydrogen) atoms. The number of ketones is 1. The van der Waals surface area contributed by atoms with E-state index in [1.54, 1.807) is 24.3 Å². The number of rotatable bonds is 6. The van der Waals surface area contributed by atoms with Crippen molar-refractivity contribution in [3.05, 3.63) is 88.6 Å². The van der Waals surface area contributed by atoms with E-state index in [0.717, 1.165) is 50.0 Å². The quantitative estimate of drug-likeness (QED) is 0.245. The topological polar surface area (TPSA) is 62.7 Å². The average molecular weight is 590 g/mol. The lowest BCUT2D eigenvalue weighted by Gasteiger charge is -2.45. The van der Waals surface area contributed by atoms with E-state index in [2.05, 4.69) is 17.0 Å². The van der Waals surface area contributed by atoms with Gasteiger partial charge >= 0.3 is 0 Å². The van der Waals surface area contributed by atoms with Crippen molar-refractivity contribution in [1.82, 2.24) is 9.29 Å². The Morgan fingerprint density at radius 2 is 1.56 bits per heavy atom. The number of nitrogens with zero attached hydrogens (tertiary/aromatic N) is 3. The number of Topliss-reactive ketones (excluding diaryl/α,β-unsaturated/α-hetero) is 1. The minimum absolute atomic E-state index is 0.0150. The minimum atomic E-state index is -1.21. The van der Waals surface area contributed by atoms with E-state index >= 15 is 0 Å². The highest BCUT2D eigenvalue weighted by Gasteiger charge is 2.53. The lowest BCUT2D eigenvalue weighted by atomic mass is 9.74. The van der Waals surface area contributed by atoms with Crippen molar-refractivity contribution in [3.8, 4) is 5.88 Å². The number of amides is 1. The fraction of sp³-hybridized carbons (Fsp3) is 0.424. The molecule has 3 aliphatic rings. The first-order valence-electron chi connectivity index (χ1n) is 14.8. The maximum absolute atomic E-state index is 14.1. The molecule has 1 aromatic heterocycles. The third-order valence-electron chi connectivity index (χ3n) is 8.84. The van der Waals surface area contributed by atoms with E-state index in [-0.39, 0.29) is 18.3 Å². The molecule has 0 spiro atoms. The van der Waals surface area contributed by atoms with Crippen LogP contribution in [0.2, 0.25) is 5.02 Å². The Labute approximate surface area is 252 Å². The molecule has 2 saturated heterocycles. The molecule has 3 heterocycles. The van der Waals surface area contributed by atoms with Crippen molar-refractivity contribution < 1.29 is 14.3 Å². The number of piperidine rings is 2. The smallest absolute Gasteiger partial charge is 0.248 e. The minimum Gasteiger partial charge on any atom is -0.474 e. The molecule has 1 saturated carbocycles. The summed E-state index contributed by atoms with van der Waals surface area (Å²) >= 11 is 11.3. The Hall–Kier alpha value is -3.03. The zero-order valence-corrected chi connectivity index (χ0v) is 24.8. The lowest BCUT2D eigenvalue weighted by molar-refractivity contribution is -0.142. The molecule has 6 rings (SSSR count). The van der Waals surface area contributed by atoms with Crippen molar-refractivity contribution in [2.45, 2.75) is 75.3 Å². The first-order chi connectivity index (χ1) is 20.0. The molecule has 3 aromatic rings. The third kappa shape index (κ3) is 5.46. The van der Waals surface area contributed by atoms with Crippen molar-refractivity contribution in [2.75, 3.05) is 18.0 Å². The molecule has 1 unspecified atom stereocenters. The number of thiol groups is 1. The zero-order chi connectivity index (χ0) is 28.4. The standard InChI is InChI=1S/C33H36ClN3O3S/c34-27-13-6-5-12-26(27)31-28(38)22-33(37(41)32(31)39,23-16-18-24(19-17-23)36-20-7-2-8-21-36)29-14-9-15-30(35-29)40-25-10-3-1-4-11-25/h5-6,9,12-19,25,31,41H,1-4,7-8,10-11,20-22H2/t31?,33-/m0/s1. The number of pyridine rings is 1. The Kier molecular flexibility index (Phi) is 8.27. The number of anilines is 1. The molecule has 0 N–H and O–H groups in total. The summed E-state index contributed by atoms with van der Waals surface area (Å²) in [4.78, 5) is 35.4. The highest BCUT2D eigenvalue weighted by Crippen LogP contribution is 2.48. The number of ether oxygens (including phenoxy) is 1. The summed E-state index contributed by atoms with van der Waals surface area (Å²) in [5.74, 6) is -1.15. The molecule has 2 atom stereocenters. The number of carbonyl (C=O) groups is 2. The van der Waals surface area contributed by atoms with Crippen LogP contribution < -0.4 is 9.64 Å². The normalized spacial score (nSPS) is 24.0. The number of benzene rings is 2. The van der Waals surface area contributed by atoms with E-state index in [1.165, 1.54) is 30.0 Å². The molecule has 1 amide bonds. The number of carbonyl (C=O) groups excluding carboxylic acids is 2. The average Bonchev–Trinajstić information content (AvgIpc) is 3.01. The molecule has 1 aliphatic carbocycles. The molecule has 2 aromatic carbocycles.